The Kier molecular flexibility index (Phi) is 5.30. The van der Waals surface area contributed by atoms with Gasteiger partial charge in [-0.2, -0.15) is 13.2 Å². The monoisotopic (exact) mass is 338 g/mol. The van der Waals surface area contributed by atoms with Gasteiger partial charge in [0.05, 0.1) is 5.69 Å². The maximum Gasteiger partial charge on any atom is 0.418 e. The first kappa shape index (κ1) is 17.6. The van der Waals surface area contributed by atoms with Gasteiger partial charge >= 0.3 is 12.1 Å². The van der Waals surface area contributed by atoms with Gasteiger partial charge in [0.25, 0.3) is 0 Å². The summed E-state index contributed by atoms with van der Waals surface area (Å²) in [5, 5.41) is 9.33. The number of halogens is 3. The van der Waals surface area contributed by atoms with Crippen molar-refractivity contribution in [1.29, 1.82) is 0 Å². The molecule has 8 heteroatoms. The Balaban J connectivity index is 2.32. The second-order valence-corrected chi connectivity index (χ2v) is 4.72. The maximum atomic E-state index is 12.6. The molecule has 126 valence electrons. The fourth-order valence-electron chi connectivity index (χ4n) is 1.87. The lowest BCUT2D eigenvalue weighted by atomic mass is 10.0. The van der Waals surface area contributed by atoms with Gasteiger partial charge in [-0.1, -0.05) is 30.9 Å². The zero-order valence-electron chi connectivity index (χ0n) is 12.3. The van der Waals surface area contributed by atoms with Gasteiger partial charge in [-0.3, -0.25) is 0 Å². The van der Waals surface area contributed by atoms with Crippen molar-refractivity contribution in [2.45, 2.75) is 12.3 Å². The Hall–Kier alpha value is -2.74. The zero-order valence-corrected chi connectivity index (χ0v) is 12.3. The molecule has 1 N–H and O–H groups in total. The van der Waals surface area contributed by atoms with Crippen LogP contribution in [0.1, 0.15) is 22.3 Å². The van der Waals surface area contributed by atoms with E-state index >= 15 is 0 Å². The van der Waals surface area contributed by atoms with E-state index in [2.05, 4.69) is 16.5 Å². The zero-order chi connectivity index (χ0) is 17.7. The van der Waals surface area contributed by atoms with Crippen LogP contribution in [0.4, 0.5) is 13.2 Å². The van der Waals surface area contributed by atoms with Crippen molar-refractivity contribution in [3.8, 4) is 11.3 Å². The van der Waals surface area contributed by atoms with E-state index in [0.717, 1.165) is 12.1 Å². The molecule has 1 heterocycles. The SMILES string of the molecule is C=CCOC(=O)c1nccc(-c2cccc(C(O)C(F)(F)F)c2)n1. The number of hydrogen-bond acceptors (Lipinski definition) is 5. The van der Waals surface area contributed by atoms with Crippen LogP contribution in [0.5, 0.6) is 0 Å². The summed E-state index contributed by atoms with van der Waals surface area (Å²) in [5.74, 6) is -1.00. The van der Waals surface area contributed by atoms with Crippen LogP contribution in [-0.4, -0.2) is 33.8 Å². The van der Waals surface area contributed by atoms with Crippen LogP contribution in [-0.2, 0) is 4.74 Å². The van der Waals surface area contributed by atoms with Crippen molar-refractivity contribution in [3.63, 3.8) is 0 Å². The first-order chi connectivity index (χ1) is 11.3. The second kappa shape index (κ2) is 7.22. The Labute approximate surface area is 135 Å². The fourth-order valence-corrected chi connectivity index (χ4v) is 1.87. The van der Waals surface area contributed by atoms with Gasteiger partial charge in [-0.15, -0.1) is 0 Å². The number of aliphatic hydroxyl groups is 1. The number of benzene rings is 1. The minimum Gasteiger partial charge on any atom is -0.456 e. The number of aromatic nitrogens is 2. The van der Waals surface area contributed by atoms with E-state index in [-0.39, 0.29) is 23.7 Å². The number of esters is 1. The van der Waals surface area contributed by atoms with Crippen LogP contribution < -0.4 is 0 Å². The minimum atomic E-state index is -4.77. The number of aliphatic hydroxyl groups excluding tert-OH is 1. The molecule has 1 unspecified atom stereocenters. The summed E-state index contributed by atoms with van der Waals surface area (Å²) in [6.45, 7) is 3.39. The van der Waals surface area contributed by atoms with E-state index in [4.69, 9.17) is 4.74 Å². The third kappa shape index (κ3) is 4.17. The lowest BCUT2D eigenvalue weighted by Crippen LogP contribution is -2.20. The molecule has 0 radical (unpaired) electrons. The molecule has 1 atom stereocenters. The summed E-state index contributed by atoms with van der Waals surface area (Å²) in [5.41, 5.74) is 0.206. The third-order valence-electron chi connectivity index (χ3n) is 2.98. The van der Waals surface area contributed by atoms with E-state index in [0.29, 0.717) is 5.56 Å². The molecule has 24 heavy (non-hydrogen) atoms. The molecule has 0 saturated carbocycles. The average Bonchev–Trinajstić information content (AvgIpc) is 2.58. The van der Waals surface area contributed by atoms with Crippen molar-refractivity contribution in [3.05, 3.63) is 60.6 Å². The smallest absolute Gasteiger partial charge is 0.418 e. The van der Waals surface area contributed by atoms with Gasteiger partial charge in [0.2, 0.25) is 5.82 Å². The highest BCUT2D eigenvalue weighted by Crippen LogP contribution is 2.33. The summed E-state index contributed by atoms with van der Waals surface area (Å²) in [4.78, 5) is 19.5. The summed E-state index contributed by atoms with van der Waals surface area (Å²) in [6.07, 6.45) is -4.70. The summed E-state index contributed by atoms with van der Waals surface area (Å²) >= 11 is 0. The van der Waals surface area contributed by atoms with Crippen molar-refractivity contribution in [1.82, 2.24) is 9.97 Å². The van der Waals surface area contributed by atoms with Crippen molar-refractivity contribution in [2.24, 2.45) is 0 Å². The summed E-state index contributed by atoms with van der Waals surface area (Å²) in [7, 11) is 0. The minimum absolute atomic E-state index is 0.0142. The predicted molar refractivity (Wildman–Crippen MR) is 79.0 cm³/mol. The fraction of sp³-hybridized carbons (Fsp3) is 0.188. The number of ether oxygens (including phenoxy) is 1. The molecule has 2 rings (SSSR count). The number of nitrogens with zero attached hydrogens (tertiary/aromatic N) is 2. The Morgan fingerprint density at radius 1 is 1.38 bits per heavy atom. The molecule has 5 nitrogen and oxygen atoms in total. The third-order valence-corrected chi connectivity index (χ3v) is 2.98. The van der Waals surface area contributed by atoms with Gasteiger partial charge in [-0.05, 0) is 17.7 Å². The van der Waals surface area contributed by atoms with E-state index in [1.54, 1.807) is 0 Å². The van der Waals surface area contributed by atoms with E-state index in [1.165, 1.54) is 30.5 Å². The molecule has 1 aromatic carbocycles. The van der Waals surface area contributed by atoms with Gasteiger partial charge < -0.3 is 9.84 Å². The Morgan fingerprint density at radius 3 is 2.79 bits per heavy atom. The average molecular weight is 338 g/mol. The van der Waals surface area contributed by atoms with Crippen LogP contribution in [0.25, 0.3) is 11.3 Å². The van der Waals surface area contributed by atoms with Gasteiger partial charge in [-0.25, -0.2) is 14.8 Å². The van der Waals surface area contributed by atoms with Crippen LogP contribution >= 0.6 is 0 Å². The van der Waals surface area contributed by atoms with E-state index in [1.807, 2.05) is 0 Å². The standard InChI is InChI=1S/C16H13F3N2O3/c1-2-8-24-15(23)14-20-7-6-12(21-14)10-4-3-5-11(9-10)13(22)16(17,18)19/h2-7,9,13,22H,1,8H2. The maximum absolute atomic E-state index is 12.6. The van der Waals surface area contributed by atoms with Crippen molar-refractivity contribution >= 4 is 5.97 Å². The molecule has 1 aromatic heterocycles. The first-order valence-corrected chi connectivity index (χ1v) is 6.79. The highest BCUT2D eigenvalue weighted by Gasteiger charge is 2.39. The molecule has 0 bridgehead atoms. The van der Waals surface area contributed by atoms with Crippen LogP contribution in [0.15, 0.2) is 49.2 Å². The van der Waals surface area contributed by atoms with Crippen molar-refractivity contribution in [2.75, 3.05) is 6.61 Å². The normalized spacial score (nSPS) is 12.5. The highest BCUT2D eigenvalue weighted by atomic mass is 19.4. The molecule has 2 aromatic rings. The topological polar surface area (TPSA) is 72.3 Å². The predicted octanol–water partition coefficient (Wildman–Crippen LogP) is 3.08. The van der Waals surface area contributed by atoms with Gasteiger partial charge in [0.15, 0.2) is 6.10 Å². The molecule has 0 amide bonds. The molecule has 0 aliphatic carbocycles. The number of carbonyl (C=O) groups excluding carboxylic acids is 1. The number of carbonyl (C=O) groups is 1. The molecule has 0 aliphatic heterocycles. The van der Waals surface area contributed by atoms with Gasteiger partial charge in [0.1, 0.15) is 6.61 Å². The Bertz CT molecular complexity index is 747. The number of rotatable bonds is 5. The second-order valence-electron chi connectivity index (χ2n) is 4.72. The Morgan fingerprint density at radius 2 is 2.12 bits per heavy atom. The number of hydrogen-bond donors (Lipinski definition) is 1. The van der Waals surface area contributed by atoms with Crippen LogP contribution in [0, 0.1) is 0 Å². The van der Waals surface area contributed by atoms with Crippen LogP contribution in [0.3, 0.4) is 0 Å². The highest BCUT2D eigenvalue weighted by molar-refractivity contribution is 5.85. The largest absolute Gasteiger partial charge is 0.456 e. The van der Waals surface area contributed by atoms with Crippen LogP contribution in [0.2, 0.25) is 0 Å². The summed E-state index contributed by atoms with van der Waals surface area (Å²) < 4.78 is 42.6. The molecule has 0 spiro atoms. The lowest BCUT2D eigenvalue weighted by Gasteiger charge is -2.15. The molecular weight excluding hydrogens is 325 g/mol. The molecular formula is C16H13F3N2O3. The molecule has 0 fully saturated rings. The lowest BCUT2D eigenvalue weighted by molar-refractivity contribution is -0.206. The quantitative estimate of drug-likeness (QED) is 0.670. The van der Waals surface area contributed by atoms with Crippen molar-refractivity contribution < 1.29 is 27.8 Å². The molecule has 0 saturated heterocycles. The molecule has 0 aliphatic rings. The first-order valence-electron chi connectivity index (χ1n) is 6.79. The summed E-state index contributed by atoms with van der Waals surface area (Å²) in [6, 6.07) is 6.61. The number of alkyl halides is 3. The van der Waals surface area contributed by atoms with Gasteiger partial charge in [0, 0.05) is 11.8 Å². The van der Waals surface area contributed by atoms with E-state index < -0.39 is 18.2 Å². The van der Waals surface area contributed by atoms with E-state index in [9.17, 15) is 23.1 Å².